The van der Waals surface area contributed by atoms with Crippen LogP contribution < -0.4 is 10.9 Å². The second kappa shape index (κ2) is 8.52. The summed E-state index contributed by atoms with van der Waals surface area (Å²) in [5, 5.41) is 2.82. The van der Waals surface area contributed by atoms with Gasteiger partial charge in [0.1, 0.15) is 17.2 Å². The van der Waals surface area contributed by atoms with Crippen LogP contribution in [0.4, 0.5) is 10.1 Å². The number of halogens is 1. The molecule has 0 saturated carbocycles. The first-order valence-corrected chi connectivity index (χ1v) is 10.0. The normalized spacial score (nSPS) is 10.9. The van der Waals surface area contributed by atoms with Crippen molar-refractivity contribution in [1.29, 1.82) is 0 Å². The van der Waals surface area contributed by atoms with E-state index in [1.165, 1.54) is 29.1 Å². The molecule has 9 heteroatoms. The fourth-order valence-corrected chi connectivity index (χ4v) is 4.09. The smallest absolute Gasteiger partial charge is 0.266 e. The van der Waals surface area contributed by atoms with E-state index in [0.29, 0.717) is 28.9 Å². The number of nitrogens with zero attached hydrogens (tertiary/aromatic N) is 3. The van der Waals surface area contributed by atoms with E-state index in [-0.39, 0.29) is 28.6 Å². The van der Waals surface area contributed by atoms with Crippen molar-refractivity contribution in [2.24, 2.45) is 0 Å². The minimum atomic E-state index is -0.546. The molecule has 0 radical (unpaired) electrons. The van der Waals surface area contributed by atoms with Gasteiger partial charge in [-0.25, -0.2) is 9.37 Å². The summed E-state index contributed by atoms with van der Waals surface area (Å²) < 4.78 is 15.1. The van der Waals surface area contributed by atoms with Gasteiger partial charge in [-0.3, -0.25) is 19.0 Å². The van der Waals surface area contributed by atoms with Crippen LogP contribution in [0.2, 0.25) is 0 Å². The van der Waals surface area contributed by atoms with E-state index in [0.717, 1.165) is 11.3 Å². The molecule has 2 heterocycles. The van der Waals surface area contributed by atoms with Crippen molar-refractivity contribution < 1.29 is 14.0 Å². The van der Waals surface area contributed by atoms with Gasteiger partial charge < -0.3 is 10.2 Å². The summed E-state index contributed by atoms with van der Waals surface area (Å²) in [6, 6.07) is 5.85. The van der Waals surface area contributed by atoms with Crippen molar-refractivity contribution in [3.63, 3.8) is 0 Å². The van der Waals surface area contributed by atoms with Crippen molar-refractivity contribution in [2.75, 3.05) is 18.4 Å². The molecule has 3 rings (SSSR count). The predicted molar refractivity (Wildman–Crippen MR) is 111 cm³/mol. The number of para-hydroxylation sites is 1. The van der Waals surface area contributed by atoms with Gasteiger partial charge in [-0.05, 0) is 38.5 Å². The van der Waals surface area contributed by atoms with Crippen LogP contribution in [0.25, 0.3) is 10.2 Å². The number of anilines is 1. The summed E-state index contributed by atoms with van der Waals surface area (Å²) in [6.45, 7) is 6.38. The molecule has 152 valence electrons. The van der Waals surface area contributed by atoms with E-state index in [1.807, 2.05) is 13.8 Å². The SMILES string of the molecule is CCN(CC)C(=O)Cn1cnc2sc(C(=O)Nc3ccccc3F)c(C)c2c1=O. The Morgan fingerprint density at radius 3 is 2.59 bits per heavy atom. The maximum atomic E-state index is 13.8. The van der Waals surface area contributed by atoms with Crippen LogP contribution in [0.5, 0.6) is 0 Å². The molecule has 0 aliphatic rings. The van der Waals surface area contributed by atoms with Gasteiger partial charge in [0.25, 0.3) is 11.5 Å². The third-order valence-corrected chi connectivity index (χ3v) is 5.87. The van der Waals surface area contributed by atoms with Gasteiger partial charge in [0, 0.05) is 13.1 Å². The Balaban J connectivity index is 1.94. The number of carbonyl (C=O) groups is 2. The quantitative estimate of drug-likeness (QED) is 0.669. The molecule has 0 bridgehead atoms. The molecule has 0 aliphatic heterocycles. The Hall–Kier alpha value is -3.07. The number of fused-ring (bicyclic) bond motifs is 1. The molecule has 0 spiro atoms. The molecule has 7 nitrogen and oxygen atoms in total. The van der Waals surface area contributed by atoms with Crippen molar-refractivity contribution in [3.8, 4) is 0 Å². The minimum Gasteiger partial charge on any atom is -0.342 e. The Labute approximate surface area is 170 Å². The van der Waals surface area contributed by atoms with Crippen LogP contribution in [0, 0.1) is 12.7 Å². The Morgan fingerprint density at radius 1 is 1.24 bits per heavy atom. The van der Waals surface area contributed by atoms with E-state index in [2.05, 4.69) is 10.3 Å². The lowest BCUT2D eigenvalue weighted by molar-refractivity contribution is -0.131. The average Bonchev–Trinajstić information content (AvgIpc) is 3.04. The van der Waals surface area contributed by atoms with Gasteiger partial charge in [-0.2, -0.15) is 0 Å². The fraction of sp³-hybridized carbons (Fsp3) is 0.300. The first kappa shape index (κ1) is 20.7. The fourth-order valence-electron chi connectivity index (χ4n) is 3.05. The first-order valence-electron chi connectivity index (χ1n) is 9.19. The highest BCUT2D eigenvalue weighted by molar-refractivity contribution is 7.20. The summed E-state index contributed by atoms with van der Waals surface area (Å²) >= 11 is 1.06. The Kier molecular flexibility index (Phi) is 6.07. The number of benzene rings is 1. The van der Waals surface area contributed by atoms with Crippen molar-refractivity contribution >= 4 is 39.1 Å². The molecule has 2 amide bonds. The number of aryl methyl sites for hydroxylation is 1. The summed E-state index contributed by atoms with van der Waals surface area (Å²) in [6.07, 6.45) is 1.32. The van der Waals surface area contributed by atoms with Gasteiger partial charge >= 0.3 is 0 Å². The van der Waals surface area contributed by atoms with Crippen LogP contribution in [0.3, 0.4) is 0 Å². The second-order valence-corrected chi connectivity index (χ2v) is 7.41. The molecule has 0 aliphatic carbocycles. The number of nitrogens with one attached hydrogen (secondary N) is 1. The zero-order valence-corrected chi connectivity index (χ0v) is 17.2. The molecule has 1 N–H and O–H groups in total. The van der Waals surface area contributed by atoms with Crippen molar-refractivity contribution in [2.45, 2.75) is 27.3 Å². The lowest BCUT2D eigenvalue weighted by Gasteiger charge is -2.18. The van der Waals surface area contributed by atoms with E-state index >= 15 is 0 Å². The third-order valence-electron chi connectivity index (χ3n) is 4.67. The number of likely N-dealkylation sites (N-methyl/N-ethyl adjacent to an activating group) is 1. The summed E-state index contributed by atoms with van der Waals surface area (Å²) in [5.74, 6) is -1.24. The number of thiophene rings is 1. The molecule has 3 aromatic rings. The molecule has 0 unspecified atom stereocenters. The standard InChI is InChI=1S/C20H21FN4O3S/c1-4-24(5-2)15(26)10-25-11-22-19-16(20(25)28)12(3)17(29-19)18(27)23-14-9-7-6-8-13(14)21/h6-9,11H,4-5,10H2,1-3H3,(H,23,27). The Morgan fingerprint density at radius 2 is 1.93 bits per heavy atom. The molecule has 29 heavy (non-hydrogen) atoms. The maximum absolute atomic E-state index is 13.8. The lowest BCUT2D eigenvalue weighted by atomic mass is 10.2. The molecular formula is C20H21FN4O3S. The van der Waals surface area contributed by atoms with Gasteiger partial charge in [0.15, 0.2) is 0 Å². The zero-order chi connectivity index (χ0) is 21.1. The van der Waals surface area contributed by atoms with Crippen LogP contribution >= 0.6 is 11.3 Å². The largest absolute Gasteiger partial charge is 0.342 e. The van der Waals surface area contributed by atoms with E-state index in [4.69, 9.17) is 0 Å². The highest BCUT2D eigenvalue weighted by Crippen LogP contribution is 2.28. The summed E-state index contributed by atoms with van der Waals surface area (Å²) in [7, 11) is 0. The van der Waals surface area contributed by atoms with Crippen molar-refractivity contribution in [1.82, 2.24) is 14.5 Å². The topological polar surface area (TPSA) is 84.3 Å². The van der Waals surface area contributed by atoms with Crippen LogP contribution in [-0.4, -0.2) is 39.4 Å². The molecule has 0 saturated heterocycles. The number of hydrogen-bond acceptors (Lipinski definition) is 5. The van der Waals surface area contributed by atoms with Crippen LogP contribution in [0.1, 0.15) is 29.1 Å². The Bertz CT molecular complexity index is 1130. The third kappa shape index (κ3) is 4.04. The van der Waals surface area contributed by atoms with Crippen molar-refractivity contribution in [3.05, 3.63) is 57.2 Å². The summed E-state index contributed by atoms with van der Waals surface area (Å²) in [5.41, 5.74) is 0.139. The highest BCUT2D eigenvalue weighted by atomic mass is 32.1. The van der Waals surface area contributed by atoms with Crippen LogP contribution in [-0.2, 0) is 11.3 Å². The number of rotatable bonds is 6. The van der Waals surface area contributed by atoms with Crippen LogP contribution in [0.15, 0.2) is 35.4 Å². The molecule has 0 atom stereocenters. The van der Waals surface area contributed by atoms with Gasteiger partial charge in [0.2, 0.25) is 5.91 Å². The van der Waals surface area contributed by atoms with E-state index in [9.17, 15) is 18.8 Å². The highest BCUT2D eigenvalue weighted by Gasteiger charge is 2.21. The molecule has 2 aromatic heterocycles. The predicted octanol–water partition coefficient (Wildman–Crippen LogP) is 3.03. The summed E-state index contributed by atoms with van der Waals surface area (Å²) in [4.78, 5) is 44.4. The number of amides is 2. The molecule has 0 fully saturated rings. The molecular weight excluding hydrogens is 395 g/mol. The lowest BCUT2D eigenvalue weighted by Crippen LogP contribution is -2.36. The number of hydrogen-bond donors (Lipinski definition) is 1. The van der Waals surface area contributed by atoms with E-state index < -0.39 is 11.7 Å². The number of carbonyl (C=O) groups excluding carboxylic acids is 2. The minimum absolute atomic E-state index is 0.0598. The zero-order valence-electron chi connectivity index (χ0n) is 16.4. The van der Waals surface area contributed by atoms with Gasteiger partial charge in [0.05, 0.1) is 22.3 Å². The second-order valence-electron chi connectivity index (χ2n) is 6.41. The average molecular weight is 416 g/mol. The van der Waals surface area contributed by atoms with E-state index in [1.54, 1.807) is 17.9 Å². The number of aromatic nitrogens is 2. The maximum Gasteiger partial charge on any atom is 0.266 e. The monoisotopic (exact) mass is 416 g/mol. The first-order chi connectivity index (χ1) is 13.9. The van der Waals surface area contributed by atoms with Gasteiger partial charge in [-0.1, -0.05) is 12.1 Å². The molecule has 1 aromatic carbocycles. The van der Waals surface area contributed by atoms with Gasteiger partial charge in [-0.15, -0.1) is 11.3 Å².